The molecule has 1 atom stereocenters. The predicted octanol–water partition coefficient (Wildman–Crippen LogP) is 4.20. The molecule has 9 heteroatoms. The number of nitrogens with two attached hydrogens (primary N) is 1. The molecule has 0 aliphatic rings. The third-order valence-electron chi connectivity index (χ3n) is 4.31. The third-order valence-corrected chi connectivity index (χ3v) is 6.38. The highest BCUT2D eigenvalue weighted by Gasteiger charge is 2.26. The van der Waals surface area contributed by atoms with Gasteiger partial charge in [-0.15, -0.1) is 21.5 Å². The van der Waals surface area contributed by atoms with E-state index in [-0.39, 0.29) is 5.91 Å². The second-order valence-corrected chi connectivity index (χ2v) is 8.30. The highest BCUT2D eigenvalue weighted by Crippen LogP contribution is 2.36. The first-order chi connectivity index (χ1) is 14.7. The van der Waals surface area contributed by atoms with E-state index in [2.05, 4.69) is 15.5 Å². The number of benzene rings is 2. The zero-order valence-electron chi connectivity index (χ0n) is 16.1. The van der Waals surface area contributed by atoms with Gasteiger partial charge in [0.1, 0.15) is 11.0 Å². The molecule has 152 valence electrons. The quantitative estimate of drug-likeness (QED) is 0.332. The van der Waals surface area contributed by atoms with Crippen molar-refractivity contribution in [1.29, 1.82) is 0 Å². The van der Waals surface area contributed by atoms with Crippen LogP contribution in [0, 0.1) is 0 Å². The molecular weight excluding hydrogens is 418 g/mol. The van der Waals surface area contributed by atoms with E-state index < -0.39 is 5.25 Å². The molecule has 2 aromatic carbocycles. The van der Waals surface area contributed by atoms with Crippen LogP contribution in [-0.2, 0) is 4.79 Å². The zero-order chi connectivity index (χ0) is 20.9. The molecule has 30 heavy (non-hydrogen) atoms. The van der Waals surface area contributed by atoms with E-state index in [1.54, 1.807) is 13.2 Å². The molecule has 0 unspecified atom stereocenters. The fourth-order valence-corrected chi connectivity index (χ4v) is 4.51. The Morgan fingerprint density at radius 3 is 2.70 bits per heavy atom. The number of aromatic nitrogens is 3. The van der Waals surface area contributed by atoms with Gasteiger partial charge in [-0.3, -0.25) is 4.79 Å². The van der Waals surface area contributed by atoms with Crippen LogP contribution in [0.5, 0.6) is 5.75 Å². The van der Waals surface area contributed by atoms with Crippen LogP contribution in [0.1, 0.15) is 10.8 Å². The Labute approximate surface area is 181 Å². The van der Waals surface area contributed by atoms with Crippen LogP contribution in [0.3, 0.4) is 0 Å². The van der Waals surface area contributed by atoms with E-state index in [0.29, 0.717) is 22.4 Å². The number of ether oxygens (including phenoxy) is 1. The number of carbonyl (C=O) groups is 1. The van der Waals surface area contributed by atoms with Gasteiger partial charge >= 0.3 is 0 Å². The average molecular weight is 438 g/mol. The van der Waals surface area contributed by atoms with Crippen LogP contribution in [0.15, 0.2) is 77.3 Å². The topological polar surface area (TPSA) is 95.1 Å². The smallest absolute Gasteiger partial charge is 0.242 e. The molecule has 4 rings (SSSR count). The minimum absolute atomic E-state index is 0.194. The maximum atomic E-state index is 13.2. The van der Waals surface area contributed by atoms with Gasteiger partial charge in [0.05, 0.1) is 12.0 Å². The fraction of sp³-hybridized carbons (Fsp3) is 0.0952. The number of rotatable bonds is 7. The number of anilines is 1. The normalized spacial score (nSPS) is 11.8. The Morgan fingerprint density at radius 2 is 1.97 bits per heavy atom. The van der Waals surface area contributed by atoms with Gasteiger partial charge in [0, 0.05) is 11.8 Å². The standard InChI is InChI=1S/C21H19N5O2S2/c1-28-16-10-5-9-15(13-16)23-20(27)18(14-7-3-2-4-8-14)30-21-25-24-19(26(21)22)17-11-6-12-29-17/h2-13,18H,22H2,1H3,(H,23,27)/t18-/m1/s1. The van der Waals surface area contributed by atoms with Gasteiger partial charge in [-0.1, -0.05) is 54.2 Å². The highest BCUT2D eigenvalue weighted by atomic mass is 32.2. The summed E-state index contributed by atoms with van der Waals surface area (Å²) >= 11 is 2.78. The van der Waals surface area contributed by atoms with Gasteiger partial charge in [0.15, 0.2) is 5.82 Å². The first-order valence-electron chi connectivity index (χ1n) is 9.06. The number of carbonyl (C=O) groups excluding carboxylic acids is 1. The van der Waals surface area contributed by atoms with Crippen LogP contribution in [-0.4, -0.2) is 27.9 Å². The number of amides is 1. The summed E-state index contributed by atoms with van der Waals surface area (Å²) in [6.07, 6.45) is 0. The minimum Gasteiger partial charge on any atom is -0.497 e. The number of hydrogen-bond donors (Lipinski definition) is 2. The molecule has 0 fully saturated rings. The van der Waals surface area contributed by atoms with E-state index in [0.717, 1.165) is 10.4 Å². The van der Waals surface area contributed by atoms with Gasteiger partial charge in [-0.25, -0.2) is 4.68 Å². The summed E-state index contributed by atoms with van der Waals surface area (Å²) in [6, 6.07) is 20.6. The molecule has 0 saturated heterocycles. The number of hydrogen-bond acceptors (Lipinski definition) is 7. The summed E-state index contributed by atoms with van der Waals surface area (Å²) in [6.45, 7) is 0. The summed E-state index contributed by atoms with van der Waals surface area (Å²) < 4.78 is 6.66. The molecular formula is C21H19N5O2S2. The van der Waals surface area contributed by atoms with Crippen molar-refractivity contribution in [3.8, 4) is 16.5 Å². The molecule has 1 amide bonds. The van der Waals surface area contributed by atoms with Crippen molar-refractivity contribution in [2.75, 3.05) is 18.3 Å². The molecule has 7 nitrogen and oxygen atoms in total. The van der Waals surface area contributed by atoms with Crippen molar-refractivity contribution < 1.29 is 9.53 Å². The van der Waals surface area contributed by atoms with Gasteiger partial charge in [-0.2, -0.15) is 0 Å². The van der Waals surface area contributed by atoms with Crippen molar-refractivity contribution in [3.63, 3.8) is 0 Å². The Hall–Kier alpha value is -3.30. The highest BCUT2D eigenvalue weighted by molar-refractivity contribution is 8.00. The lowest BCUT2D eigenvalue weighted by atomic mass is 10.1. The van der Waals surface area contributed by atoms with Gasteiger partial charge < -0.3 is 15.9 Å². The maximum absolute atomic E-state index is 13.2. The van der Waals surface area contributed by atoms with Gasteiger partial charge in [0.2, 0.25) is 11.1 Å². The largest absolute Gasteiger partial charge is 0.497 e. The number of nitrogens with zero attached hydrogens (tertiary/aromatic N) is 3. The second-order valence-electron chi connectivity index (χ2n) is 6.28. The van der Waals surface area contributed by atoms with E-state index >= 15 is 0 Å². The molecule has 0 aliphatic heterocycles. The fourth-order valence-electron chi connectivity index (χ4n) is 2.85. The number of thioether (sulfide) groups is 1. The maximum Gasteiger partial charge on any atom is 0.242 e. The van der Waals surface area contributed by atoms with Gasteiger partial charge in [0.25, 0.3) is 0 Å². The molecule has 3 N–H and O–H groups in total. The van der Waals surface area contributed by atoms with Crippen LogP contribution in [0.25, 0.3) is 10.7 Å². The van der Waals surface area contributed by atoms with Crippen LogP contribution < -0.4 is 15.9 Å². The lowest BCUT2D eigenvalue weighted by Gasteiger charge is -2.16. The Balaban J connectivity index is 1.62. The molecule has 0 radical (unpaired) electrons. The molecule has 0 saturated carbocycles. The van der Waals surface area contributed by atoms with E-state index in [1.807, 2.05) is 66.0 Å². The Kier molecular flexibility index (Phi) is 6.01. The SMILES string of the molecule is COc1cccc(NC(=O)[C@H](Sc2nnc(-c3cccs3)n2N)c2ccccc2)c1. The molecule has 2 heterocycles. The Bertz CT molecular complexity index is 1130. The number of nitrogens with one attached hydrogen (secondary N) is 1. The third kappa shape index (κ3) is 4.32. The number of methoxy groups -OCH3 is 1. The Morgan fingerprint density at radius 1 is 1.13 bits per heavy atom. The molecule has 0 aliphatic carbocycles. The molecule has 2 aromatic heterocycles. The second kappa shape index (κ2) is 9.02. The lowest BCUT2D eigenvalue weighted by molar-refractivity contribution is -0.115. The van der Waals surface area contributed by atoms with Crippen LogP contribution >= 0.6 is 23.1 Å². The summed E-state index contributed by atoms with van der Waals surface area (Å²) in [5.74, 6) is 7.27. The summed E-state index contributed by atoms with van der Waals surface area (Å²) in [4.78, 5) is 14.1. The minimum atomic E-state index is -0.569. The van der Waals surface area contributed by atoms with Crippen LogP contribution in [0.4, 0.5) is 5.69 Å². The van der Waals surface area contributed by atoms with Gasteiger partial charge in [-0.05, 0) is 29.1 Å². The summed E-state index contributed by atoms with van der Waals surface area (Å²) in [5, 5.41) is 13.2. The van der Waals surface area contributed by atoms with Crippen molar-refractivity contribution in [1.82, 2.24) is 14.9 Å². The number of nitrogen functional groups attached to an aromatic ring is 1. The first-order valence-corrected chi connectivity index (χ1v) is 10.8. The van der Waals surface area contributed by atoms with Crippen molar-refractivity contribution in [2.24, 2.45) is 0 Å². The van der Waals surface area contributed by atoms with E-state index in [4.69, 9.17) is 10.6 Å². The van der Waals surface area contributed by atoms with E-state index in [1.165, 1.54) is 27.8 Å². The predicted molar refractivity (Wildman–Crippen MR) is 120 cm³/mol. The number of thiophene rings is 1. The monoisotopic (exact) mass is 437 g/mol. The first kappa shape index (κ1) is 20.0. The van der Waals surface area contributed by atoms with Crippen LogP contribution in [0.2, 0.25) is 0 Å². The van der Waals surface area contributed by atoms with Crippen molar-refractivity contribution in [2.45, 2.75) is 10.4 Å². The average Bonchev–Trinajstić information content (AvgIpc) is 3.42. The van der Waals surface area contributed by atoms with Crippen molar-refractivity contribution >= 4 is 34.7 Å². The lowest BCUT2D eigenvalue weighted by Crippen LogP contribution is -2.20. The van der Waals surface area contributed by atoms with Crippen molar-refractivity contribution in [3.05, 3.63) is 77.7 Å². The summed E-state index contributed by atoms with van der Waals surface area (Å²) in [5.41, 5.74) is 1.48. The zero-order valence-corrected chi connectivity index (χ0v) is 17.7. The van der Waals surface area contributed by atoms with E-state index in [9.17, 15) is 4.79 Å². The summed E-state index contributed by atoms with van der Waals surface area (Å²) in [7, 11) is 1.59. The molecule has 0 spiro atoms. The molecule has 4 aromatic rings. The molecule has 0 bridgehead atoms.